The third-order valence-electron chi connectivity index (χ3n) is 6.51. The molecule has 10 nitrogen and oxygen atoms in total. The van der Waals surface area contributed by atoms with Crippen LogP contribution in [-0.4, -0.2) is 66.5 Å². The molecule has 1 aliphatic heterocycles. The number of piperidine rings is 1. The van der Waals surface area contributed by atoms with Crippen LogP contribution in [0.15, 0.2) is 30.9 Å². The number of likely N-dealkylation sites (tertiary alicyclic amines) is 1. The number of anilines is 1. The van der Waals surface area contributed by atoms with Crippen molar-refractivity contribution in [1.82, 2.24) is 24.3 Å². The Hall–Kier alpha value is -3.40. The molecule has 3 atom stereocenters. The van der Waals surface area contributed by atoms with Crippen molar-refractivity contribution in [2.45, 2.75) is 45.3 Å². The molecule has 1 fully saturated rings. The van der Waals surface area contributed by atoms with Crippen LogP contribution in [0.2, 0.25) is 0 Å². The van der Waals surface area contributed by atoms with Crippen LogP contribution in [0.1, 0.15) is 43.5 Å². The average Bonchev–Trinajstić information content (AvgIpc) is 3.44. The van der Waals surface area contributed by atoms with E-state index < -0.39 is 12.0 Å². The van der Waals surface area contributed by atoms with Crippen molar-refractivity contribution < 1.29 is 14.7 Å². The first-order chi connectivity index (χ1) is 15.8. The van der Waals surface area contributed by atoms with Gasteiger partial charge in [-0.15, -0.1) is 0 Å². The van der Waals surface area contributed by atoms with Gasteiger partial charge in [-0.2, -0.15) is 10.2 Å². The van der Waals surface area contributed by atoms with Crippen molar-refractivity contribution in [3.8, 4) is 11.1 Å². The van der Waals surface area contributed by atoms with Gasteiger partial charge in [0.05, 0.1) is 29.2 Å². The number of aliphatic hydroxyl groups is 1. The molecule has 0 radical (unpaired) electrons. The number of primary amides is 1. The van der Waals surface area contributed by atoms with Gasteiger partial charge in [0.2, 0.25) is 0 Å². The molecular weight excluding hydrogens is 422 g/mol. The van der Waals surface area contributed by atoms with E-state index in [4.69, 9.17) is 5.73 Å². The maximum absolute atomic E-state index is 12.5. The number of fused-ring (bicyclic) bond motifs is 1. The Morgan fingerprint density at radius 2 is 2.03 bits per heavy atom. The highest BCUT2D eigenvalue weighted by Gasteiger charge is 2.33. The van der Waals surface area contributed by atoms with Crippen molar-refractivity contribution in [2.75, 3.05) is 18.4 Å². The predicted molar refractivity (Wildman–Crippen MR) is 125 cm³/mol. The number of hydrogen-bond acceptors (Lipinski definition) is 6. The Balaban J connectivity index is 1.65. The number of amides is 2. The highest BCUT2D eigenvalue weighted by Crippen LogP contribution is 2.31. The number of nitrogens with one attached hydrogen (secondary N) is 1. The maximum Gasteiger partial charge on any atom is 0.252 e. The van der Waals surface area contributed by atoms with Crippen LogP contribution >= 0.6 is 0 Å². The minimum atomic E-state index is -0.958. The maximum atomic E-state index is 12.5. The zero-order valence-electron chi connectivity index (χ0n) is 19.2. The van der Waals surface area contributed by atoms with E-state index in [1.807, 2.05) is 25.5 Å². The van der Waals surface area contributed by atoms with E-state index in [-0.39, 0.29) is 17.9 Å². The molecule has 3 aromatic heterocycles. The van der Waals surface area contributed by atoms with Crippen LogP contribution < -0.4 is 11.1 Å². The second-order valence-electron chi connectivity index (χ2n) is 8.67. The third-order valence-corrected chi connectivity index (χ3v) is 6.51. The Bertz CT molecular complexity index is 1170. The number of rotatable bonds is 7. The quantitative estimate of drug-likeness (QED) is 0.499. The number of nitrogens with two attached hydrogens (primary N) is 1. The molecule has 3 aromatic rings. The Morgan fingerprint density at radius 1 is 1.24 bits per heavy atom. The van der Waals surface area contributed by atoms with E-state index in [1.54, 1.807) is 27.2 Å². The molecule has 10 heteroatoms. The van der Waals surface area contributed by atoms with Gasteiger partial charge in [-0.3, -0.25) is 14.3 Å². The lowest BCUT2D eigenvalue weighted by Crippen LogP contribution is -2.51. The molecule has 4 heterocycles. The van der Waals surface area contributed by atoms with E-state index in [2.05, 4.69) is 22.4 Å². The minimum absolute atomic E-state index is 0.0406. The molecule has 2 amide bonds. The summed E-state index contributed by atoms with van der Waals surface area (Å²) in [5.74, 6) is -0.608. The second kappa shape index (κ2) is 9.22. The molecule has 4 rings (SSSR count). The van der Waals surface area contributed by atoms with E-state index in [9.17, 15) is 14.7 Å². The number of aliphatic hydroxyl groups excluding tert-OH is 1. The van der Waals surface area contributed by atoms with Crippen LogP contribution in [0.4, 0.5) is 5.69 Å². The lowest BCUT2D eigenvalue weighted by atomic mass is 9.89. The van der Waals surface area contributed by atoms with Gasteiger partial charge >= 0.3 is 0 Å². The summed E-state index contributed by atoms with van der Waals surface area (Å²) in [5.41, 5.74) is 9.29. The SMILES string of the molecule is CC[C@H]1CN(C(=O)[C@@H](O)CC)CC[C@H]1Nc1c(C(N)=O)cnn2cc(-c3cnn(C)c3)cc12. The normalized spacial score (nSPS) is 19.6. The van der Waals surface area contributed by atoms with Gasteiger partial charge in [-0.05, 0) is 31.2 Å². The minimum Gasteiger partial charge on any atom is -0.383 e. The standard InChI is InChI=1S/C23H31N7O3/c1-4-14-12-29(23(33)20(31)5-2)7-6-18(14)27-21-17(22(24)32)10-26-30-13-15(8-19(21)30)16-9-25-28(3)11-16/h8-11,13-14,18,20,27,31H,4-7,12H2,1-3H3,(H2,24,32)/t14-,18+,20-/m0/s1. The average molecular weight is 454 g/mol. The second-order valence-corrected chi connectivity index (χ2v) is 8.67. The molecule has 0 unspecified atom stereocenters. The van der Waals surface area contributed by atoms with Crippen molar-refractivity contribution in [1.29, 1.82) is 0 Å². The fraction of sp³-hybridized carbons (Fsp3) is 0.478. The van der Waals surface area contributed by atoms with Crippen molar-refractivity contribution in [3.05, 3.63) is 36.4 Å². The van der Waals surface area contributed by atoms with Crippen LogP contribution in [0.25, 0.3) is 16.6 Å². The summed E-state index contributed by atoms with van der Waals surface area (Å²) < 4.78 is 3.46. The number of carbonyl (C=O) groups excluding carboxylic acids is 2. The summed E-state index contributed by atoms with van der Waals surface area (Å²) in [7, 11) is 1.86. The Kier molecular flexibility index (Phi) is 6.37. The molecule has 1 saturated heterocycles. The smallest absolute Gasteiger partial charge is 0.252 e. The summed E-state index contributed by atoms with van der Waals surface area (Å²) in [5, 5.41) is 22.2. The number of aryl methyl sites for hydroxylation is 1. The Morgan fingerprint density at radius 3 is 2.67 bits per heavy atom. The summed E-state index contributed by atoms with van der Waals surface area (Å²) in [4.78, 5) is 26.5. The van der Waals surface area contributed by atoms with Gasteiger partial charge < -0.3 is 21.1 Å². The molecule has 176 valence electrons. The monoisotopic (exact) mass is 453 g/mol. The van der Waals surface area contributed by atoms with Crippen LogP contribution in [0, 0.1) is 5.92 Å². The summed E-state index contributed by atoms with van der Waals surface area (Å²) in [6, 6.07) is 2.01. The van der Waals surface area contributed by atoms with Crippen LogP contribution in [0.3, 0.4) is 0 Å². The highest BCUT2D eigenvalue weighted by molar-refractivity contribution is 6.02. The van der Waals surface area contributed by atoms with E-state index in [0.29, 0.717) is 37.2 Å². The first-order valence-corrected chi connectivity index (χ1v) is 11.4. The molecular formula is C23H31N7O3. The van der Waals surface area contributed by atoms with Crippen molar-refractivity contribution >= 4 is 23.0 Å². The molecule has 0 spiro atoms. The molecule has 33 heavy (non-hydrogen) atoms. The largest absolute Gasteiger partial charge is 0.383 e. The summed E-state index contributed by atoms with van der Waals surface area (Å²) in [6.07, 6.45) is 8.07. The molecule has 0 bridgehead atoms. The Labute approximate surface area is 192 Å². The highest BCUT2D eigenvalue weighted by atomic mass is 16.3. The number of carbonyl (C=O) groups is 2. The van der Waals surface area contributed by atoms with Gasteiger partial charge in [-0.25, -0.2) is 4.52 Å². The number of nitrogens with zero attached hydrogens (tertiary/aromatic N) is 5. The molecule has 1 aliphatic rings. The fourth-order valence-electron chi connectivity index (χ4n) is 4.53. The zero-order valence-corrected chi connectivity index (χ0v) is 19.2. The first kappa shape index (κ1) is 22.8. The van der Waals surface area contributed by atoms with Crippen LogP contribution in [-0.2, 0) is 11.8 Å². The molecule has 0 saturated carbocycles. The molecule has 0 aromatic carbocycles. The lowest BCUT2D eigenvalue weighted by Gasteiger charge is -2.40. The predicted octanol–water partition coefficient (Wildman–Crippen LogP) is 1.64. The first-order valence-electron chi connectivity index (χ1n) is 11.4. The van der Waals surface area contributed by atoms with Crippen molar-refractivity contribution in [2.24, 2.45) is 18.7 Å². The van der Waals surface area contributed by atoms with Gasteiger partial charge in [0, 0.05) is 49.7 Å². The topological polar surface area (TPSA) is 131 Å². The van der Waals surface area contributed by atoms with Crippen LogP contribution in [0.5, 0.6) is 0 Å². The summed E-state index contributed by atoms with van der Waals surface area (Å²) >= 11 is 0. The summed E-state index contributed by atoms with van der Waals surface area (Å²) in [6.45, 7) is 4.97. The van der Waals surface area contributed by atoms with Gasteiger partial charge in [0.15, 0.2) is 0 Å². The van der Waals surface area contributed by atoms with Gasteiger partial charge in [0.25, 0.3) is 11.8 Å². The van der Waals surface area contributed by atoms with Crippen molar-refractivity contribution in [3.63, 3.8) is 0 Å². The number of aromatic nitrogens is 4. The number of hydrogen-bond donors (Lipinski definition) is 3. The van der Waals surface area contributed by atoms with E-state index in [1.165, 1.54) is 6.20 Å². The fourth-order valence-corrected chi connectivity index (χ4v) is 4.53. The molecule has 4 N–H and O–H groups in total. The lowest BCUT2D eigenvalue weighted by molar-refractivity contribution is -0.142. The van der Waals surface area contributed by atoms with E-state index in [0.717, 1.165) is 23.1 Å². The van der Waals surface area contributed by atoms with E-state index >= 15 is 0 Å². The van der Waals surface area contributed by atoms with Gasteiger partial charge in [-0.1, -0.05) is 13.8 Å². The third kappa shape index (κ3) is 4.43. The zero-order chi connectivity index (χ0) is 23.7. The molecule has 0 aliphatic carbocycles. The van der Waals surface area contributed by atoms with Gasteiger partial charge in [0.1, 0.15) is 6.10 Å².